The molecule has 8 nitrogen and oxygen atoms in total. The summed E-state index contributed by atoms with van der Waals surface area (Å²) in [5.41, 5.74) is -1.80. The van der Waals surface area contributed by atoms with Gasteiger partial charge in [-0.15, -0.1) is 0 Å². The maximum absolute atomic E-state index is 12.0. The summed E-state index contributed by atoms with van der Waals surface area (Å²) in [6, 6.07) is 0. The molecular weight excluding hydrogens is 392 g/mol. The summed E-state index contributed by atoms with van der Waals surface area (Å²) in [6.45, 7) is 7.80. The zero-order valence-corrected chi connectivity index (χ0v) is 18.3. The monoisotopic (exact) mass is 426 g/mol. The predicted molar refractivity (Wildman–Crippen MR) is 105 cm³/mol. The minimum absolute atomic E-state index is 0.0156. The minimum atomic E-state index is -1.19. The first kappa shape index (κ1) is 22.0. The van der Waals surface area contributed by atoms with Crippen LogP contribution in [0, 0.1) is 5.92 Å². The Kier molecular flexibility index (Phi) is 5.89. The van der Waals surface area contributed by atoms with Crippen molar-refractivity contribution in [3.63, 3.8) is 0 Å². The molecule has 4 aliphatic rings. The summed E-state index contributed by atoms with van der Waals surface area (Å²) >= 11 is 0. The van der Waals surface area contributed by atoms with Gasteiger partial charge in [0.05, 0.1) is 55.6 Å². The molecule has 4 aliphatic heterocycles. The van der Waals surface area contributed by atoms with Crippen LogP contribution in [0.3, 0.4) is 0 Å². The number of ether oxygens (including phenoxy) is 5. The molecule has 9 atom stereocenters. The molecular formula is C22H34O8. The number of carbonyl (C=O) groups excluding carboxylic acids is 2. The fourth-order valence-electron chi connectivity index (χ4n) is 5.48. The number of carbonyl (C=O) groups is 2. The zero-order chi connectivity index (χ0) is 21.7. The highest BCUT2D eigenvalue weighted by atomic mass is 16.6. The van der Waals surface area contributed by atoms with Gasteiger partial charge in [0, 0.05) is 6.42 Å². The molecule has 0 aromatic carbocycles. The first-order valence-electron chi connectivity index (χ1n) is 11.2. The van der Waals surface area contributed by atoms with Gasteiger partial charge in [-0.2, -0.15) is 0 Å². The highest BCUT2D eigenvalue weighted by Gasteiger charge is 2.55. The van der Waals surface area contributed by atoms with Crippen LogP contribution in [0.2, 0.25) is 0 Å². The molecule has 1 N–H and O–H groups in total. The summed E-state index contributed by atoms with van der Waals surface area (Å²) in [7, 11) is 0. The number of hydrogen-bond acceptors (Lipinski definition) is 8. The standard InChI is InChI=1S/C22H34O8/c1-5-26-18(23)9-16-21(3,25)11-15-14(28-16)8-12(2)20-13(27-15)6-7-22(4)17(29-20)10-19(24)30-22/h12-17,20,25H,5-11H2,1-4H3/t12-,13+,14-,15-,16+,17-,20+,21-,22-/m0/s1. The molecule has 170 valence electrons. The molecule has 0 bridgehead atoms. The summed E-state index contributed by atoms with van der Waals surface area (Å²) in [6.07, 6.45) is 1.00. The number of fused-ring (bicyclic) bond motifs is 3. The third-order valence-corrected chi connectivity index (χ3v) is 7.23. The largest absolute Gasteiger partial charge is 0.466 e. The number of hydrogen-bond donors (Lipinski definition) is 1. The van der Waals surface area contributed by atoms with E-state index in [1.54, 1.807) is 13.8 Å². The molecule has 4 saturated heterocycles. The molecule has 0 aromatic heterocycles. The smallest absolute Gasteiger partial charge is 0.309 e. The van der Waals surface area contributed by atoms with E-state index in [0.717, 1.165) is 0 Å². The van der Waals surface area contributed by atoms with Gasteiger partial charge in [-0.1, -0.05) is 6.92 Å². The van der Waals surface area contributed by atoms with Gasteiger partial charge in [-0.05, 0) is 46.0 Å². The number of esters is 2. The summed E-state index contributed by atoms with van der Waals surface area (Å²) in [5.74, 6) is -0.449. The van der Waals surface area contributed by atoms with Gasteiger partial charge in [0.2, 0.25) is 0 Å². The molecule has 4 heterocycles. The number of aliphatic hydroxyl groups is 1. The molecule has 0 spiro atoms. The summed E-state index contributed by atoms with van der Waals surface area (Å²) in [4.78, 5) is 23.9. The van der Waals surface area contributed by atoms with E-state index in [1.165, 1.54) is 0 Å². The van der Waals surface area contributed by atoms with Crippen LogP contribution in [-0.2, 0) is 33.3 Å². The van der Waals surface area contributed by atoms with Gasteiger partial charge in [-0.3, -0.25) is 9.59 Å². The van der Waals surface area contributed by atoms with Gasteiger partial charge in [-0.25, -0.2) is 0 Å². The van der Waals surface area contributed by atoms with E-state index < -0.39 is 17.3 Å². The lowest BCUT2D eigenvalue weighted by Gasteiger charge is -2.45. The van der Waals surface area contributed by atoms with E-state index in [2.05, 4.69) is 6.92 Å². The van der Waals surface area contributed by atoms with Crippen molar-refractivity contribution >= 4 is 11.9 Å². The minimum Gasteiger partial charge on any atom is -0.466 e. The normalized spacial score (nSPS) is 48.4. The molecule has 4 fully saturated rings. The van der Waals surface area contributed by atoms with Crippen LogP contribution in [0.5, 0.6) is 0 Å². The van der Waals surface area contributed by atoms with Crippen LogP contribution >= 0.6 is 0 Å². The Morgan fingerprint density at radius 3 is 2.70 bits per heavy atom. The average Bonchev–Trinajstić information content (AvgIpc) is 2.77. The van der Waals surface area contributed by atoms with E-state index in [0.29, 0.717) is 32.3 Å². The van der Waals surface area contributed by atoms with E-state index in [4.69, 9.17) is 23.7 Å². The zero-order valence-electron chi connectivity index (χ0n) is 18.3. The van der Waals surface area contributed by atoms with Crippen molar-refractivity contribution in [1.29, 1.82) is 0 Å². The van der Waals surface area contributed by atoms with Crippen molar-refractivity contribution in [3.8, 4) is 0 Å². The van der Waals surface area contributed by atoms with Crippen molar-refractivity contribution in [2.75, 3.05) is 6.61 Å². The predicted octanol–water partition coefficient (Wildman–Crippen LogP) is 1.89. The molecule has 0 unspecified atom stereocenters. The van der Waals surface area contributed by atoms with Crippen LogP contribution in [0.15, 0.2) is 0 Å². The molecule has 0 amide bonds. The fraction of sp³-hybridized carbons (Fsp3) is 0.909. The van der Waals surface area contributed by atoms with E-state index in [9.17, 15) is 14.7 Å². The van der Waals surface area contributed by atoms with Crippen LogP contribution in [0.4, 0.5) is 0 Å². The van der Waals surface area contributed by atoms with E-state index >= 15 is 0 Å². The molecule has 0 aromatic rings. The van der Waals surface area contributed by atoms with Crippen molar-refractivity contribution in [1.82, 2.24) is 0 Å². The van der Waals surface area contributed by atoms with Crippen LogP contribution in [0.1, 0.15) is 66.2 Å². The Bertz CT molecular complexity index is 678. The lowest BCUT2D eigenvalue weighted by molar-refractivity contribution is -0.231. The lowest BCUT2D eigenvalue weighted by atomic mass is 9.83. The Balaban J connectivity index is 1.50. The second-order valence-electron chi connectivity index (χ2n) is 9.78. The third-order valence-electron chi connectivity index (χ3n) is 7.23. The topological polar surface area (TPSA) is 101 Å². The molecule has 0 radical (unpaired) electrons. The Morgan fingerprint density at radius 2 is 1.97 bits per heavy atom. The SMILES string of the molecule is CCOC(=O)C[C@H]1O[C@H]2C[C@H](C)[C@H]3O[C@H]4CC(=O)O[C@@]4(C)CC[C@H]3O[C@H]2C[C@]1(C)O. The van der Waals surface area contributed by atoms with Gasteiger partial charge in [0.15, 0.2) is 0 Å². The van der Waals surface area contributed by atoms with Crippen molar-refractivity contribution in [3.05, 3.63) is 0 Å². The van der Waals surface area contributed by atoms with Gasteiger partial charge < -0.3 is 28.8 Å². The van der Waals surface area contributed by atoms with Crippen molar-refractivity contribution in [2.24, 2.45) is 5.92 Å². The highest BCUT2D eigenvalue weighted by molar-refractivity contribution is 5.73. The highest BCUT2D eigenvalue weighted by Crippen LogP contribution is 2.45. The second-order valence-corrected chi connectivity index (χ2v) is 9.78. The molecule has 8 heteroatoms. The van der Waals surface area contributed by atoms with E-state index in [1.807, 2.05) is 6.92 Å². The summed E-state index contributed by atoms with van der Waals surface area (Å²) < 4.78 is 29.8. The first-order chi connectivity index (χ1) is 14.1. The third kappa shape index (κ3) is 4.11. The maximum atomic E-state index is 12.0. The van der Waals surface area contributed by atoms with E-state index in [-0.39, 0.29) is 61.2 Å². The summed E-state index contributed by atoms with van der Waals surface area (Å²) in [5, 5.41) is 11.0. The Labute approximate surface area is 177 Å². The Hall–Kier alpha value is -1.22. The lowest BCUT2D eigenvalue weighted by Crippen LogP contribution is -2.55. The molecule has 0 saturated carbocycles. The molecule has 30 heavy (non-hydrogen) atoms. The quantitative estimate of drug-likeness (QED) is 0.683. The van der Waals surface area contributed by atoms with Gasteiger partial charge in [0.1, 0.15) is 11.7 Å². The maximum Gasteiger partial charge on any atom is 0.309 e. The average molecular weight is 427 g/mol. The fourth-order valence-corrected chi connectivity index (χ4v) is 5.48. The van der Waals surface area contributed by atoms with Crippen LogP contribution < -0.4 is 0 Å². The van der Waals surface area contributed by atoms with Crippen molar-refractivity contribution in [2.45, 2.75) is 114 Å². The number of rotatable bonds is 3. The second kappa shape index (κ2) is 8.04. The van der Waals surface area contributed by atoms with Crippen molar-refractivity contribution < 1.29 is 38.4 Å². The van der Waals surface area contributed by atoms with Crippen LogP contribution in [0.25, 0.3) is 0 Å². The van der Waals surface area contributed by atoms with Crippen LogP contribution in [-0.4, -0.2) is 71.5 Å². The first-order valence-corrected chi connectivity index (χ1v) is 11.2. The van der Waals surface area contributed by atoms with Gasteiger partial charge in [0.25, 0.3) is 0 Å². The molecule has 0 aliphatic carbocycles. The Morgan fingerprint density at radius 1 is 1.20 bits per heavy atom. The van der Waals surface area contributed by atoms with Gasteiger partial charge >= 0.3 is 11.9 Å². The molecule has 4 rings (SSSR count).